The summed E-state index contributed by atoms with van der Waals surface area (Å²) in [6.45, 7) is 2.60. The second-order valence-corrected chi connectivity index (χ2v) is 7.00. The molecule has 0 bridgehead atoms. The lowest BCUT2D eigenvalue weighted by atomic mass is 10.1. The topological polar surface area (TPSA) is 64.6 Å². The molecular weight excluding hydrogens is 410 g/mol. The first-order valence-electron chi connectivity index (χ1n) is 8.90. The average Bonchev–Trinajstić information content (AvgIpc) is 2.68. The molecule has 0 heterocycles. The molecule has 6 heteroatoms. The highest BCUT2D eigenvalue weighted by Gasteiger charge is 2.24. The molecule has 0 aliphatic carbocycles. The third-order valence-corrected chi connectivity index (χ3v) is 4.51. The number of unbranched alkanes of at least 4 members (excludes halogenated alkanes) is 1. The van der Waals surface area contributed by atoms with Crippen LogP contribution < -0.4 is 10.1 Å². The average molecular weight is 434 g/mol. The Labute approximate surface area is 168 Å². The van der Waals surface area contributed by atoms with Crippen molar-refractivity contribution in [3.8, 4) is 5.75 Å². The number of hydrogen-bond acceptors (Lipinski definition) is 4. The number of carbonyl (C=O) groups excluding carboxylic acids is 2. The van der Waals surface area contributed by atoms with Crippen LogP contribution in [-0.4, -0.2) is 31.6 Å². The fourth-order valence-electron chi connectivity index (χ4n) is 2.55. The molecule has 0 aliphatic rings. The van der Waals surface area contributed by atoms with E-state index in [1.807, 2.05) is 36.4 Å². The number of hydrogen-bond donors (Lipinski definition) is 1. The van der Waals surface area contributed by atoms with Gasteiger partial charge in [-0.1, -0.05) is 59.6 Å². The van der Waals surface area contributed by atoms with Crippen molar-refractivity contribution in [2.24, 2.45) is 0 Å². The van der Waals surface area contributed by atoms with Crippen molar-refractivity contribution in [2.45, 2.75) is 32.2 Å². The maximum atomic E-state index is 12.9. The standard InChI is InChI=1S/C21H24BrNO4/c1-3-4-12-27-19-11-10-16(22)14-17(19)20(24)23-18(21(25)26-2)13-15-8-6-5-7-9-15/h5-11,14,18H,3-4,12-13H2,1-2H3,(H,23,24). The summed E-state index contributed by atoms with van der Waals surface area (Å²) >= 11 is 3.38. The van der Waals surface area contributed by atoms with E-state index in [0.717, 1.165) is 22.9 Å². The van der Waals surface area contributed by atoms with E-state index in [1.54, 1.807) is 12.1 Å². The molecule has 2 aromatic rings. The van der Waals surface area contributed by atoms with Gasteiger partial charge < -0.3 is 14.8 Å². The minimum Gasteiger partial charge on any atom is -0.493 e. The van der Waals surface area contributed by atoms with E-state index >= 15 is 0 Å². The van der Waals surface area contributed by atoms with E-state index in [0.29, 0.717) is 24.3 Å². The Hall–Kier alpha value is -2.34. The smallest absolute Gasteiger partial charge is 0.328 e. The Kier molecular flexibility index (Phi) is 8.33. The van der Waals surface area contributed by atoms with Crippen molar-refractivity contribution >= 4 is 27.8 Å². The Morgan fingerprint density at radius 1 is 1.15 bits per heavy atom. The van der Waals surface area contributed by atoms with E-state index < -0.39 is 12.0 Å². The fraction of sp³-hybridized carbons (Fsp3) is 0.333. The lowest BCUT2D eigenvalue weighted by Gasteiger charge is -2.18. The molecule has 0 saturated carbocycles. The van der Waals surface area contributed by atoms with Gasteiger partial charge in [-0.25, -0.2) is 4.79 Å². The molecule has 0 radical (unpaired) electrons. The van der Waals surface area contributed by atoms with Crippen LogP contribution in [-0.2, 0) is 16.0 Å². The number of esters is 1. The molecule has 0 aliphatic heterocycles. The summed E-state index contributed by atoms with van der Waals surface area (Å²) in [5.41, 5.74) is 1.31. The van der Waals surface area contributed by atoms with Gasteiger partial charge in [-0.05, 0) is 30.2 Å². The number of methoxy groups -OCH3 is 1. The van der Waals surface area contributed by atoms with Gasteiger partial charge in [-0.15, -0.1) is 0 Å². The zero-order valence-electron chi connectivity index (χ0n) is 15.5. The normalized spacial score (nSPS) is 11.5. The summed E-state index contributed by atoms with van der Waals surface area (Å²) < 4.78 is 11.4. The number of benzene rings is 2. The lowest BCUT2D eigenvalue weighted by molar-refractivity contribution is -0.142. The zero-order valence-corrected chi connectivity index (χ0v) is 17.1. The SMILES string of the molecule is CCCCOc1ccc(Br)cc1C(=O)NC(Cc1ccccc1)C(=O)OC. The summed E-state index contributed by atoms with van der Waals surface area (Å²) in [4.78, 5) is 25.0. The highest BCUT2D eigenvalue weighted by Crippen LogP contribution is 2.24. The van der Waals surface area contributed by atoms with Crippen LogP contribution in [0.4, 0.5) is 0 Å². The molecule has 2 rings (SSSR count). The largest absolute Gasteiger partial charge is 0.493 e. The molecule has 1 N–H and O–H groups in total. The molecule has 0 aromatic heterocycles. The first kappa shape index (κ1) is 21.0. The zero-order chi connectivity index (χ0) is 19.6. The van der Waals surface area contributed by atoms with Gasteiger partial charge in [0.25, 0.3) is 5.91 Å². The van der Waals surface area contributed by atoms with Crippen molar-refractivity contribution in [3.05, 3.63) is 64.1 Å². The van der Waals surface area contributed by atoms with Crippen LogP contribution in [0.5, 0.6) is 5.75 Å². The van der Waals surface area contributed by atoms with Crippen LogP contribution in [0.3, 0.4) is 0 Å². The van der Waals surface area contributed by atoms with Crippen molar-refractivity contribution in [3.63, 3.8) is 0 Å². The number of nitrogens with one attached hydrogen (secondary N) is 1. The minimum atomic E-state index is -0.785. The molecule has 1 atom stereocenters. The van der Waals surface area contributed by atoms with Crippen LogP contribution >= 0.6 is 15.9 Å². The number of halogens is 1. The molecule has 0 saturated heterocycles. The predicted molar refractivity (Wildman–Crippen MR) is 108 cm³/mol. The van der Waals surface area contributed by atoms with E-state index in [1.165, 1.54) is 7.11 Å². The Morgan fingerprint density at radius 2 is 1.89 bits per heavy atom. The fourth-order valence-corrected chi connectivity index (χ4v) is 2.91. The lowest BCUT2D eigenvalue weighted by Crippen LogP contribution is -2.43. The Bertz CT molecular complexity index is 764. The first-order valence-corrected chi connectivity index (χ1v) is 9.69. The van der Waals surface area contributed by atoms with Crippen molar-refractivity contribution in [1.29, 1.82) is 0 Å². The second kappa shape index (κ2) is 10.7. The molecule has 1 amide bonds. The van der Waals surface area contributed by atoms with Gasteiger partial charge in [0, 0.05) is 10.9 Å². The molecule has 5 nitrogen and oxygen atoms in total. The quantitative estimate of drug-likeness (QED) is 0.476. The molecule has 0 fully saturated rings. The Balaban J connectivity index is 2.18. The molecule has 144 valence electrons. The van der Waals surface area contributed by atoms with Crippen LogP contribution in [0.25, 0.3) is 0 Å². The molecule has 1 unspecified atom stereocenters. The molecular formula is C21H24BrNO4. The van der Waals surface area contributed by atoms with Crippen molar-refractivity contribution in [1.82, 2.24) is 5.32 Å². The predicted octanol–water partition coefficient (Wildman–Crippen LogP) is 4.14. The van der Waals surface area contributed by atoms with Crippen molar-refractivity contribution in [2.75, 3.05) is 13.7 Å². The van der Waals surface area contributed by atoms with E-state index in [9.17, 15) is 9.59 Å². The van der Waals surface area contributed by atoms with Gasteiger partial charge in [-0.3, -0.25) is 4.79 Å². The maximum absolute atomic E-state index is 12.9. The van der Waals surface area contributed by atoms with E-state index in [2.05, 4.69) is 28.2 Å². The molecule has 27 heavy (non-hydrogen) atoms. The molecule has 0 spiro atoms. The summed E-state index contributed by atoms with van der Waals surface area (Å²) in [7, 11) is 1.31. The number of rotatable bonds is 9. The highest BCUT2D eigenvalue weighted by atomic mass is 79.9. The number of carbonyl (C=O) groups is 2. The number of ether oxygens (including phenoxy) is 2. The second-order valence-electron chi connectivity index (χ2n) is 6.08. The van der Waals surface area contributed by atoms with Gasteiger partial charge >= 0.3 is 5.97 Å². The van der Waals surface area contributed by atoms with Crippen LogP contribution in [0.1, 0.15) is 35.7 Å². The van der Waals surface area contributed by atoms with Gasteiger partial charge in [-0.2, -0.15) is 0 Å². The summed E-state index contributed by atoms with van der Waals surface area (Å²) in [5, 5.41) is 2.78. The van der Waals surface area contributed by atoms with Gasteiger partial charge in [0.15, 0.2) is 0 Å². The highest BCUT2D eigenvalue weighted by molar-refractivity contribution is 9.10. The van der Waals surface area contributed by atoms with E-state index in [4.69, 9.17) is 9.47 Å². The summed E-state index contributed by atoms with van der Waals surface area (Å²) in [6, 6.07) is 14.0. The Morgan fingerprint density at radius 3 is 2.56 bits per heavy atom. The maximum Gasteiger partial charge on any atom is 0.328 e. The van der Waals surface area contributed by atoms with Crippen LogP contribution in [0.2, 0.25) is 0 Å². The summed E-state index contributed by atoms with van der Waals surface area (Å²) in [6.07, 6.45) is 2.24. The monoisotopic (exact) mass is 433 g/mol. The number of amides is 1. The minimum absolute atomic E-state index is 0.347. The van der Waals surface area contributed by atoms with Crippen LogP contribution in [0, 0.1) is 0 Å². The van der Waals surface area contributed by atoms with Crippen molar-refractivity contribution < 1.29 is 19.1 Å². The van der Waals surface area contributed by atoms with Gasteiger partial charge in [0.2, 0.25) is 0 Å². The van der Waals surface area contributed by atoms with Crippen LogP contribution in [0.15, 0.2) is 53.0 Å². The van der Waals surface area contributed by atoms with E-state index in [-0.39, 0.29) is 5.91 Å². The third kappa shape index (κ3) is 6.40. The summed E-state index contributed by atoms with van der Waals surface area (Å²) in [5.74, 6) is -0.378. The van der Waals surface area contributed by atoms with Gasteiger partial charge in [0.05, 0.1) is 19.3 Å². The third-order valence-electron chi connectivity index (χ3n) is 4.02. The molecule has 2 aromatic carbocycles. The van der Waals surface area contributed by atoms with Gasteiger partial charge in [0.1, 0.15) is 11.8 Å². The first-order chi connectivity index (χ1) is 13.0.